The lowest BCUT2D eigenvalue weighted by Crippen LogP contribution is -1.98. The molecule has 2 aromatic rings. The molecular weight excluding hydrogens is 411 g/mol. The fraction of sp³-hybridized carbons (Fsp3) is 0. The third-order valence-electron chi connectivity index (χ3n) is 1.99. The van der Waals surface area contributed by atoms with E-state index in [1.165, 1.54) is 0 Å². The van der Waals surface area contributed by atoms with Gasteiger partial charge in [0.05, 0.1) is 25.4 Å². The molecule has 0 saturated heterocycles. The van der Waals surface area contributed by atoms with Gasteiger partial charge >= 0.3 is 6.01 Å². The summed E-state index contributed by atoms with van der Waals surface area (Å²) in [7, 11) is 0. The van der Waals surface area contributed by atoms with E-state index in [0.717, 1.165) is 8.04 Å². The number of hydrogen-bond acceptors (Lipinski definition) is 5. The molecule has 1 aromatic heterocycles. The molecule has 7 heteroatoms. The number of nitrogens with zero attached hydrogens (tertiary/aromatic N) is 3. The minimum Gasteiger partial charge on any atom is -0.421 e. The molecule has 1 heterocycles. The molecule has 0 aliphatic heterocycles. The normalized spacial score (nSPS) is 9.83. The predicted octanol–water partition coefficient (Wildman–Crippen LogP) is 3.09. The average molecular weight is 417 g/mol. The van der Waals surface area contributed by atoms with Gasteiger partial charge in [-0.25, -0.2) is 9.97 Å². The number of nitrogen functional groups attached to an aromatic ring is 1. The molecule has 1 aromatic carbocycles. The van der Waals surface area contributed by atoms with E-state index in [0.29, 0.717) is 17.0 Å². The van der Waals surface area contributed by atoms with Gasteiger partial charge in [0, 0.05) is 12.4 Å². The number of anilines is 1. The Morgan fingerprint density at radius 3 is 2.56 bits per heavy atom. The van der Waals surface area contributed by atoms with Gasteiger partial charge in [-0.05, 0) is 50.7 Å². The SMILES string of the molecule is N#Cc1cc(N)c(Oc2ncc(Br)cn2)c(I)c1. The third-order valence-corrected chi connectivity index (χ3v) is 3.20. The maximum Gasteiger partial charge on any atom is 0.322 e. The van der Waals surface area contributed by atoms with E-state index < -0.39 is 0 Å². The quantitative estimate of drug-likeness (QED) is 0.600. The van der Waals surface area contributed by atoms with Gasteiger partial charge in [-0.3, -0.25) is 0 Å². The molecule has 0 aliphatic rings. The van der Waals surface area contributed by atoms with Crippen LogP contribution in [-0.4, -0.2) is 9.97 Å². The van der Waals surface area contributed by atoms with Gasteiger partial charge in [-0.15, -0.1) is 0 Å². The van der Waals surface area contributed by atoms with Crippen LogP contribution in [0.15, 0.2) is 29.0 Å². The molecule has 18 heavy (non-hydrogen) atoms. The van der Waals surface area contributed by atoms with Gasteiger partial charge in [-0.2, -0.15) is 5.26 Å². The summed E-state index contributed by atoms with van der Waals surface area (Å²) in [4.78, 5) is 7.99. The molecule has 0 amide bonds. The standard InChI is InChI=1S/C11H6BrIN4O/c12-7-4-16-11(17-5-7)18-10-8(13)1-6(3-14)2-9(10)15/h1-2,4-5H,15H2. The first kappa shape index (κ1) is 13.0. The van der Waals surface area contributed by atoms with E-state index in [1.54, 1.807) is 24.5 Å². The Kier molecular flexibility index (Phi) is 3.98. The van der Waals surface area contributed by atoms with Crippen molar-refractivity contribution in [1.29, 1.82) is 5.26 Å². The highest BCUT2D eigenvalue weighted by molar-refractivity contribution is 14.1. The van der Waals surface area contributed by atoms with Crippen LogP contribution in [-0.2, 0) is 0 Å². The van der Waals surface area contributed by atoms with Crippen molar-refractivity contribution in [3.05, 3.63) is 38.1 Å². The van der Waals surface area contributed by atoms with Crippen LogP contribution in [0.2, 0.25) is 0 Å². The third kappa shape index (κ3) is 2.88. The second-order valence-electron chi connectivity index (χ2n) is 3.27. The zero-order chi connectivity index (χ0) is 13.1. The van der Waals surface area contributed by atoms with Gasteiger partial charge < -0.3 is 10.5 Å². The van der Waals surface area contributed by atoms with Crippen molar-refractivity contribution in [2.24, 2.45) is 0 Å². The number of nitrogens with two attached hydrogens (primary N) is 1. The van der Waals surface area contributed by atoms with E-state index in [2.05, 4.69) is 25.9 Å². The van der Waals surface area contributed by atoms with Gasteiger partial charge in [0.1, 0.15) is 0 Å². The summed E-state index contributed by atoms with van der Waals surface area (Å²) in [5.41, 5.74) is 6.70. The average Bonchev–Trinajstić information content (AvgIpc) is 2.35. The first-order chi connectivity index (χ1) is 8.60. The summed E-state index contributed by atoms with van der Waals surface area (Å²) >= 11 is 5.28. The lowest BCUT2D eigenvalue weighted by atomic mass is 10.2. The summed E-state index contributed by atoms with van der Waals surface area (Å²) < 4.78 is 7.00. The fourth-order valence-electron chi connectivity index (χ4n) is 1.23. The molecule has 0 spiro atoms. The van der Waals surface area contributed by atoms with Crippen LogP contribution >= 0.6 is 38.5 Å². The van der Waals surface area contributed by atoms with Crippen LogP contribution in [0.4, 0.5) is 5.69 Å². The topological polar surface area (TPSA) is 84.8 Å². The fourth-order valence-corrected chi connectivity index (χ4v) is 2.19. The Morgan fingerprint density at radius 1 is 1.33 bits per heavy atom. The van der Waals surface area contributed by atoms with Gasteiger partial charge in [0.25, 0.3) is 0 Å². The molecule has 0 bridgehead atoms. The Hall–Kier alpha value is -1.40. The second-order valence-corrected chi connectivity index (χ2v) is 5.35. The van der Waals surface area contributed by atoms with Crippen LogP contribution in [0.25, 0.3) is 0 Å². The van der Waals surface area contributed by atoms with E-state index >= 15 is 0 Å². The molecule has 0 atom stereocenters. The molecule has 0 unspecified atom stereocenters. The lowest BCUT2D eigenvalue weighted by molar-refractivity contribution is 0.440. The van der Waals surface area contributed by atoms with Crippen molar-refractivity contribution >= 4 is 44.2 Å². The van der Waals surface area contributed by atoms with Crippen molar-refractivity contribution in [3.63, 3.8) is 0 Å². The Labute approximate surface area is 125 Å². The smallest absolute Gasteiger partial charge is 0.322 e. The van der Waals surface area contributed by atoms with E-state index in [9.17, 15) is 0 Å². The molecule has 0 radical (unpaired) electrons. The van der Waals surface area contributed by atoms with Crippen molar-refractivity contribution in [2.45, 2.75) is 0 Å². The Bertz CT molecular complexity index is 601. The molecule has 0 saturated carbocycles. The lowest BCUT2D eigenvalue weighted by Gasteiger charge is -2.09. The molecule has 2 N–H and O–H groups in total. The van der Waals surface area contributed by atoms with E-state index in [-0.39, 0.29) is 6.01 Å². The van der Waals surface area contributed by atoms with Gasteiger partial charge in [0.2, 0.25) is 0 Å². The van der Waals surface area contributed by atoms with Crippen molar-refractivity contribution in [2.75, 3.05) is 5.73 Å². The molecule has 5 nitrogen and oxygen atoms in total. The van der Waals surface area contributed by atoms with E-state index in [4.69, 9.17) is 15.7 Å². The van der Waals surface area contributed by atoms with Crippen LogP contribution < -0.4 is 10.5 Å². The Morgan fingerprint density at radius 2 is 2.00 bits per heavy atom. The van der Waals surface area contributed by atoms with Crippen molar-refractivity contribution in [1.82, 2.24) is 9.97 Å². The van der Waals surface area contributed by atoms with Crippen LogP contribution in [0, 0.1) is 14.9 Å². The molecule has 0 aliphatic carbocycles. The summed E-state index contributed by atoms with van der Waals surface area (Å²) in [6, 6.07) is 5.47. The van der Waals surface area contributed by atoms with Gasteiger partial charge in [0.15, 0.2) is 5.75 Å². The maximum atomic E-state index is 8.82. The summed E-state index contributed by atoms with van der Waals surface area (Å²) in [5, 5.41) is 8.82. The summed E-state index contributed by atoms with van der Waals surface area (Å²) in [5.74, 6) is 0.455. The van der Waals surface area contributed by atoms with Crippen LogP contribution in [0.3, 0.4) is 0 Å². The highest BCUT2D eigenvalue weighted by Crippen LogP contribution is 2.32. The molecular formula is C11H6BrIN4O. The second kappa shape index (κ2) is 5.49. The van der Waals surface area contributed by atoms with Crippen molar-refractivity contribution in [3.8, 4) is 17.8 Å². The number of ether oxygens (including phenoxy) is 1. The molecule has 2 rings (SSSR count). The molecule has 0 fully saturated rings. The first-order valence-electron chi connectivity index (χ1n) is 4.74. The number of hydrogen-bond donors (Lipinski definition) is 1. The predicted molar refractivity (Wildman–Crippen MR) is 78.1 cm³/mol. The first-order valence-corrected chi connectivity index (χ1v) is 6.62. The summed E-state index contributed by atoms with van der Waals surface area (Å²) in [6.45, 7) is 0. The highest BCUT2D eigenvalue weighted by Gasteiger charge is 2.11. The zero-order valence-electron chi connectivity index (χ0n) is 8.89. The number of nitriles is 1. The van der Waals surface area contributed by atoms with Crippen LogP contribution in [0.5, 0.6) is 11.8 Å². The Balaban J connectivity index is 2.35. The van der Waals surface area contributed by atoms with Gasteiger partial charge in [-0.1, -0.05) is 0 Å². The highest BCUT2D eigenvalue weighted by atomic mass is 127. The summed E-state index contributed by atoms with van der Waals surface area (Å²) in [6.07, 6.45) is 3.16. The monoisotopic (exact) mass is 416 g/mol. The number of halogens is 2. The number of rotatable bonds is 2. The van der Waals surface area contributed by atoms with Crippen molar-refractivity contribution < 1.29 is 4.74 Å². The maximum absolute atomic E-state index is 8.82. The van der Waals surface area contributed by atoms with E-state index in [1.807, 2.05) is 28.7 Å². The number of benzene rings is 1. The van der Waals surface area contributed by atoms with Crippen LogP contribution in [0.1, 0.15) is 5.56 Å². The zero-order valence-corrected chi connectivity index (χ0v) is 12.6. The number of aromatic nitrogens is 2. The minimum absolute atomic E-state index is 0.201. The largest absolute Gasteiger partial charge is 0.421 e. The minimum atomic E-state index is 0.201. The molecule has 90 valence electrons.